The van der Waals surface area contributed by atoms with Crippen molar-refractivity contribution in [1.82, 2.24) is 9.80 Å². The third-order valence-electron chi connectivity index (χ3n) is 5.70. The molecule has 3 rings (SSSR count). The van der Waals surface area contributed by atoms with Gasteiger partial charge in [-0.3, -0.25) is 14.6 Å². The predicted octanol–water partition coefficient (Wildman–Crippen LogP) is 2.61. The second-order valence-corrected chi connectivity index (χ2v) is 7.27. The molecule has 1 saturated heterocycles. The highest BCUT2D eigenvalue weighted by Crippen LogP contribution is 2.27. The van der Waals surface area contributed by atoms with Crippen molar-refractivity contribution in [2.45, 2.75) is 38.1 Å². The van der Waals surface area contributed by atoms with E-state index in [0.29, 0.717) is 12.2 Å². The zero-order valence-electron chi connectivity index (χ0n) is 15.4. The summed E-state index contributed by atoms with van der Waals surface area (Å²) in [6.07, 6.45) is 7.06. The number of nitrogens with zero attached hydrogens (tertiary/aromatic N) is 3. The molecule has 5 heteroatoms. The molecule has 1 heterocycles. The van der Waals surface area contributed by atoms with Gasteiger partial charge in [-0.25, -0.2) is 0 Å². The molecule has 2 fully saturated rings. The highest BCUT2D eigenvalue weighted by atomic mass is 16.5. The van der Waals surface area contributed by atoms with Gasteiger partial charge in [0.15, 0.2) is 5.75 Å². The minimum absolute atomic E-state index is 0.497. The quantitative estimate of drug-likeness (QED) is 0.710. The predicted molar refractivity (Wildman–Crippen MR) is 101 cm³/mol. The minimum atomic E-state index is 0.497. The lowest BCUT2D eigenvalue weighted by molar-refractivity contribution is -0.120. The maximum atomic E-state index is 10.7. The van der Waals surface area contributed by atoms with Gasteiger partial charge in [0.25, 0.3) is 6.47 Å². The number of rotatable bonds is 7. The summed E-state index contributed by atoms with van der Waals surface area (Å²) in [5.41, 5.74) is 0.968. The Bertz CT molecular complexity index is 537. The van der Waals surface area contributed by atoms with Crippen LogP contribution in [0.5, 0.6) is 5.75 Å². The molecule has 1 aromatic carbocycles. The van der Waals surface area contributed by atoms with E-state index in [4.69, 9.17) is 4.74 Å². The fraction of sp³-hybridized carbons (Fsp3) is 0.650. The molecule has 1 saturated carbocycles. The van der Waals surface area contributed by atoms with E-state index in [-0.39, 0.29) is 0 Å². The molecule has 0 radical (unpaired) electrons. The first-order chi connectivity index (χ1) is 12.3. The first kappa shape index (κ1) is 18.2. The Hall–Kier alpha value is -1.59. The standard InChI is InChI=1S/C20H31N3O2/c1-21(19-9-5-6-10-20(19)25-17-24)11-12-22-13-15-23(16-14-22)18-7-3-2-4-8-18/h5-6,9-10,17-18H,2-4,7-8,11-16H2,1H3. The second-order valence-electron chi connectivity index (χ2n) is 7.27. The molecule has 138 valence electrons. The molecular formula is C20H31N3O2. The molecule has 1 aromatic rings. The summed E-state index contributed by atoms with van der Waals surface area (Å²) in [6.45, 7) is 7.22. The first-order valence-corrected chi connectivity index (χ1v) is 9.65. The number of piperazine rings is 1. The third-order valence-corrected chi connectivity index (χ3v) is 5.70. The van der Waals surface area contributed by atoms with Crippen LogP contribution in [0.15, 0.2) is 24.3 Å². The lowest BCUT2D eigenvalue weighted by Gasteiger charge is -2.41. The van der Waals surface area contributed by atoms with Gasteiger partial charge < -0.3 is 9.64 Å². The van der Waals surface area contributed by atoms with Crippen molar-refractivity contribution in [1.29, 1.82) is 0 Å². The van der Waals surface area contributed by atoms with Gasteiger partial charge in [-0.1, -0.05) is 31.4 Å². The number of para-hydroxylation sites is 2. The summed E-state index contributed by atoms with van der Waals surface area (Å²) < 4.78 is 5.09. The lowest BCUT2D eigenvalue weighted by Crippen LogP contribution is -2.51. The molecule has 1 aliphatic carbocycles. The molecule has 0 aromatic heterocycles. The van der Waals surface area contributed by atoms with Crippen LogP contribution in [0.25, 0.3) is 0 Å². The summed E-state index contributed by atoms with van der Waals surface area (Å²) in [5, 5.41) is 0. The Kier molecular flexibility index (Phi) is 6.70. The zero-order valence-corrected chi connectivity index (χ0v) is 15.4. The van der Waals surface area contributed by atoms with E-state index in [2.05, 4.69) is 21.7 Å². The van der Waals surface area contributed by atoms with Crippen molar-refractivity contribution in [3.8, 4) is 5.75 Å². The van der Waals surface area contributed by atoms with Crippen molar-refractivity contribution in [2.24, 2.45) is 0 Å². The maximum absolute atomic E-state index is 10.7. The Morgan fingerprint density at radius 1 is 1.12 bits per heavy atom. The van der Waals surface area contributed by atoms with Gasteiger partial charge in [-0.2, -0.15) is 0 Å². The number of anilines is 1. The van der Waals surface area contributed by atoms with E-state index in [1.54, 1.807) is 0 Å². The van der Waals surface area contributed by atoms with Crippen LogP contribution in [0.2, 0.25) is 0 Å². The topological polar surface area (TPSA) is 36.0 Å². The van der Waals surface area contributed by atoms with E-state index in [1.807, 2.05) is 24.3 Å². The molecular weight excluding hydrogens is 314 g/mol. The van der Waals surface area contributed by atoms with Gasteiger partial charge >= 0.3 is 0 Å². The Labute approximate surface area is 151 Å². The average molecular weight is 345 g/mol. The summed E-state index contributed by atoms with van der Waals surface area (Å²) in [7, 11) is 2.06. The number of hydrogen-bond acceptors (Lipinski definition) is 5. The molecule has 0 spiro atoms. The smallest absolute Gasteiger partial charge is 0.298 e. The van der Waals surface area contributed by atoms with Crippen LogP contribution < -0.4 is 9.64 Å². The summed E-state index contributed by atoms with van der Waals surface area (Å²) in [5.74, 6) is 0.627. The van der Waals surface area contributed by atoms with Crippen LogP contribution in [0.1, 0.15) is 32.1 Å². The number of ether oxygens (including phenoxy) is 1. The second kappa shape index (κ2) is 9.20. The fourth-order valence-electron chi connectivity index (χ4n) is 4.13. The van der Waals surface area contributed by atoms with E-state index >= 15 is 0 Å². The number of carbonyl (C=O) groups excluding carboxylic acids is 1. The molecule has 0 atom stereocenters. The fourth-order valence-corrected chi connectivity index (χ4v) is 4.13. The summed E-state index contributed by atoms with van der Waals surface area (Å²) >= 11 is 0. The van der Waals surface area contributed by atoms with Gasteiger partial charge in [-0.05, 0) is 25.0 Å². The van der Waals surface area contributed by atoms with Gasteiger partial charge in [-0.15, -0.1) is 0 Å². The van der Waals surface area contributed by atoms with Crippen LogP contribution >= 0.6 is 0 Å². The van der Waals surface area contributed by atoms with Crippen LogP contribution in [-0.4, -0.2) is 68.6 Å². The average Bonchev–Trinajstić information content (AvgIpc) is 2.68. The van der Waals surface area contributed by atoms with Crippen LogP contribution in [0.4, 0.5) is 5.69 Å². The van der Waals surface area contributed by atoms with Gasteiger partial charge in [0.2, 0.25) is 0 Å². The van der Waals surface area contributed by atoms with Crippen molar-refractivity contribution in [3.63, 3.8) is 0 Å². The first-order valence-electron chi connectivity index (χ1n) is 9.65. The van der Waals surface area contributed by atoms with Gasteiger partial charge in [0.05, 0.1) is 5.69 Å². The van der Waals surface area contributed by atoms with Gasteiger partial charge in [0.1, 0.15) is 0 Å². The number of hydrogen-bond donors (Lipinski definition) is 0. The van der Waals surface area contributed by atoms with Crippen LogP contribution in [0, 0.1) is 0 Å². The zero-order chi connectivity index (χ0) is 17.5. The highest BCUT2D eigenvalue weighted by molar-refractivity contribution is 5.61. The molecule has 5 nitrogen and oxygen atoms in total. The molecule has 25 heavy (non-hydrogen) atoms. The van der Waals surface area contributed by atoms with Crippen molar-refractivity contribution < 1.29 is 9.53 Å². The molecule has 0 N–H and O–H groups in total. The lowest BCUT2D eigenvalue weighted by atomic mass is 9.94. The molecule has 1 aliphatic heterocycles. The van der Waals surface area contributed by atoms with Gasteiger partial charge in [0, 0.05) is 52.4 Å². The monoisotopic (exact) mass is 345 g/mol. The van der Waals surface area contributed by atoms with Crippen molar-refractivity contribution >= 4 is 12.2 Å². The molecule has 0 bridgehead atoms. The summed E-state index contributed by atoms with van der Waals surface area (Å²) in [4.78, 5) is 18.1. The normalized spacial score (nSPS) is 20.4. The minimum Gasteiger partial charge on any atom is -0.427 e. The number of carbonyl (C=O) groups is 1. The largest absolute Gasteiger partial charge is 0.427 e. The Balaban J connectivity index is 1.44. The Morgan fingerprint density at radius 2 is 1.84 bits per heavy atom. The maximum Gasteiger partial charge on any atom is 0.298 e. The van der Waals surface area contributed by atoms with E-state index in [0.717, 1.165) is 37.9 Å². The molecule has 0 unspecified atom stereocenters. The van der Waals surface area contributed by atoms with Crippen LogP contribution in [-0.2, 0) is 4.79 Å². The van der Waals surface area contributed by atoms with E-state index < -0.39 is 0 Å². The van der Waals surface area contributed by atoms with Crippen molar-refractivity contribution in [2.75, 3.05) is 51.2 Å². The molecule has 0 amide bonds. The van der Waals surface area contributed by atoms with E-state index in [9.17, 15) is 4.79 Å². The highest BCUT2D eigenvalue weighted by Gasteiger charge is 2.25. The number of benzene rings is 1. The van der Waals surface area contributed by atoms with E-state index in [1.165, 1.54) is 45.2 Å². The Morgan fingerprint density at radius 3 is 2.56 bits per heavy atom. The number of likely N-dealkylation sites (N-methyl/N-ethyl adjacent to an activating group) is 1. The summed E-state index contributed by atoms with van der Waals surface area (Å²) in [6, 6.07) is 8.54. The SMILES string of the molecule is CN(CCN1CCN(C2CCCCC2)CC1)c1ccccc1OC=O. The molecule has 2 aliphatic rings. The van der Waals surface area contributed by atoms with Crippen LogP contribution in [0.3, 0.4) is 0 Å². The van der Waals surface area contributed by atoms with Crippen molar-refractivity contribution in [3.05, 3.63) is 24.3 Å². The third kappa shape index (κ3) is 4.95.